The Morgan fingerprint density at radius 1 is 1.17 bits per heavy atom. The second-order valence-electron chi connectivity index (χ2n) is 6.62. The molecule has 4 nitrogen and oxygen atoms in total. The number of nitrogens with one attached hydrogen (secondary N) is 2. The molecule has 0 amide bonds. The molecule has 6 heteroatoms. The molecule has 0 aliphatic heterocycles. The first-order valence-electron chi connectivity index (χ1n) is 7.99. The second-order valence-corrected chi connectivity index (χ2v) is 7.47. The largest absolute Gasteiger partial charge is 0.388 e. The Balaban J connectivity index is 0.00000192. The van der Waals surface area contributed by atoms with Crippen molar-refractivity contribution in [2.75, 3.05) is 20.1 Å². The molecule has 0 saturated heterocycles. The molecule has 3 rings (SSSR count). The van der Waals surface area contributed by atoms with Crippen molar-refractivity contribution in [1.82, 2.24) is 10.6 Å². The summed E-state index contributed by atoms with van der Waals surface area (Å²) in [6.07, 6.45) is 5.29. The minimum absolute atomic E-state index is 0. The molecule has 2 fully saturated rings. The molecule has 0 aromatic heterocycles. The van der Waals surface area contributed by atoms with E-state index in [-0.39, 0.29) is 29.4 Å². The molecule has 2 aliphatic carbocycles. The van der Waals surface area contributed by atoms with Gasteiger partial charge in [-0.2, -0.15) is 0 Å². The molecule has 128 valence electrons. The van der Waals surface area contributed by atoms with Crippen molar-refractivity contribution in [3.8, 4) is 0 Å². The van der Waals surface area contributed by atoms with Gasteiger partial charge in [0.1, 0.15) is 0 Å². The van der Waals surface area contributed by atoms with Crippen LogP contribution in [-0.2, 0) is 5.41 Å². The highest BCUT2D eigenvalue weighted by Gasteiger charge is 2.45. The lowest BCUT2D eigenvalue weighted by atomic mass is 9.80. The molecule has 23 heavy (non-hydrogen) atoms. The van der Waals surface area contributed by atoms with Crippen molar-refractivity contribution in [1.29, 1.82) is 0 Å². The summed E-state index contributed by atoms with van der Waals surface area (Å²) < 4.78 is 1.18. The lowest BCUT2D eigenvalue weighted by Crippen LogP contribution is -2.51. The van der Waals surface area contributed by atoms with E-state index in [4.69, 9.17) is 0 Å². The predicted octanol–water partition coefficient (Wildman–Crippen LogP) is 3.18. The fraction of sp³-hybridized carbons (Fsp3) is 0.588. The Morgan fingerprint density at radius 2 is 1.83 bits per heavy atom. The van der Waals surface area contributed by atoms with Crippen molar-refractivity contribution in [2.24, 2.45) is 4.99 Å². The average molecular weight is 494 g/mol. The third-order valence-electron chi connectivity index (χ3n) is 4.99. The molecular formula is C17H25BrIN3O. The number of benzene rings is 1. The lowest BCUT2D eigenvalue weighted by Gasteiger charge is -2.37. The number of aliphatic imine (C=N–C) groups is 1. The normalized spacial score (nSPS) is 20.9. The fourth-order valence-electron chi connectivity index (χ4n) is 3.07. The third-order valence-corrected chi connectivity index (χ3v) is 5.68. The summed E-state index contributed by atoms with van der Waals surface area (Å²) >= 11 is 3.66. The van der Waals surface area contributed by atoms with Gasteiger partial charge in [0.15, 0.2) is 5.96 Å². The summed E-state index contributed by atoms with van der Waals surface area (Å²) in [5, 5.41) is 16.8. The lowest BCUT2D eigenvalue weighted by molar-refractivity contribution is -0.0279. The molecule has 0 spiro atoms. The Kier molecular flexibility index (Phi) is 6.35. The highest BCUT2D eigenvalue weighted by Crippen LogP contribution is 2.49. The van der Waals surface area contributed by atoms with Crippen LogP contribution < -0.4 is 10.6 Å². The van der Waals surface area contributed by atoms with Crippen molar-refractivity contribution in [3.63, 3.8) is 0 Å². The first-order valence-corrected chi connectivity index (χ1v) is 8.78. The molecule has 0 atom stereocenters. The third kappa shape index (κ3) is 4.39. The first-order chi connectivity index (χ1) is 10.6. The number of rotatable bonds is 5. The minimum Gasteiger partial charge on any atom is -0.388 e. The van der Waals surface area contributed by atoms with Crippen molar-refractivity contribution < 1.29 is 5.11 Å². The van der Waals surface area contributed by atoms with Gasteiger partial charge < -0.3 is 15.7 Å². The number of aliphatic hydroxyl groups is 1. The number of nitrogens with zero attached hydrogens (tertiary/aromatic N) is 1. The monoisotopic (exact) mass is 493 g/mol. The molecule has 0 bridgehead atoms. The molecular weight excluding hydrogens is 469 g/mol. The highest BCUT2D eigenvalue weighted by atomic mass is 127. The summed E-state index contributed by atoms with van der Waals surface area (Å²) in [7, 11) is 1.78. The maximum Gasteiger partial charge on any atom is 0.191 e. The van der Waals surface area contributed by atoms with Crippen LogP contribution in [-0.4, -0.2) is 36.8 Å². The van der Waals surface area contributed by atoms with Crippen LogP contribution >= 0.6 is 39.9 Å². The van der Waals surface area contributed by atoms with Crippen LogP contribution in [0, 0.1) is 0 Å². The molecule has 0 heterocycles. The summed E-state index contributed by atoms with van der Waals surface area (Å²) in [4.78, 5) is 4.27. The van der Waals surface area contributed by atoms with Crippen LogP contribution in [0.3, 0.4) is 0 Å². The maximum atomic E-state index is 10.2. The van der Waals surface area contributed by atoms with Gasteiger partial charge in [-0.3, -0.25) is 4.99 Å². The molecule has 2 saturated carbocycles. The standard InChI is InChI=1S/C17H24BrN3O.HI/c1-19-15(21-12-17(22)7-4-8-17)20-11-16(9-10-16)13-5-2-3-6-14(13)18;/h2-3,5-6,22H,4,7-12H2,1H3,(H2,19,20,21);1H. The van der Waals surface area contributed by atoms with Gasteiger partial charge in [-0.05, 0) is 43.7 Å². The Labute approximate surface area is 163 Å². The van der Waals surface area contributed by atoms with Crippen LogP contribution in [0.4, 0.5) is 0 Å². The molecule has 0 radical (unpaired) electrons. The van der Waals surface area contributed by atoms with Crippen LogP contribution in [0.5, 0.6) is 0 Å². The van der Waals surface area contributed by atoms with Crippen molar-refractivity contribution in [3.05, 3.63) is 34.3 Å². The molecule has 1 aromatic carbocycles. The molecule has 0 unspecified atom stereocenters. The minimum atomic E-state index is -0.530. The average Bonchev–Trinajstić information content (AvgIpc) is 3.27. The van der Waals surface area contributed by atoms with Crippen LogP contribution in [0.25, 0.3) is 0 Å². The number of hydrogen-bond donors (Lipinski definition) is 3. The zero-order valence-corrected chi connectivity index (χ0v) is 17.4. The zero-order valence-electron chi connectivity index (χ0n) is 13.4. The van der Waals surface area contributed by atoms with E-state index < -0.39 is 5.60 Å². The maximum absolute atomic E-state index is 10.2. The van der Waals surface area contributed by atoms with E-state index >= 15 is 0 Å². The van der Waals surface area contributed by atoms with Crippen LogP contribution in [0.15, 0.2) is 33.7 Å². The summed E-state index contributed by atoms with van der Waals surface area (Å²) in [5.41, 5.74) is 1.05. The molecule has 1 aromatic rings. The quantitative estimate of drug-likeness (QED) is 0.335. The molecule has 2 aliphatic rings. The van der Waals surface area contributed by atoms with Crippen molar-refractivity contribution >= 4 is 45.9 Å². The summed E-state index contributed by atoms with van der Waals surface area (Å²) in [6, 6.07) is 8.46. The van der Waals surface area contributed by atoms with Gasteiger partial charge in [-0.15, -0.1) is 24.0 Å². The Bertz CT molecular complexity index is 571. The van der Waals surface area contributed by atoms with E-state index in [1.54, 1.807) is 7.05 Å². The smallest absolute Gasteiger partial charge is 0.191 e. The predicted molar refractivity (Wildman–Crippen MR) is 109 cm³/mol. The van der Waals surface area contributed by atoms with Gasteiger partial charge >= 0.3 is 0 Å². The van der Waals surface area contributed by atoms with E-state index in [0.29, 0.717) is 6.54 Å². The first kappa shape index (κ1) is 19.0. The van der Waals surface area contributed by atoms with Gasteiger partial charge in [0, 0.05) is 30.0 Å². The number of guanidine groups is 1. The van der Waals surface area contributed by atoms with E-state index in [9.17, 15) is 5.11 Å². The fourth-order valence-corrected chi connectivity index (χ4v) is 3.77. The topological polar surface area (TPSA) is 56.7 Å². The van der Waals surface area contributed by atoms with E-state index in [0.717, 1.165) is 31.8 Å². The zero-order chi connectivity index (χ0) is 15.6. The van der Waals surface area contributed by atoms with Crippen molar-refractivity contribution in [2.45, 2.75) is 43.1 Å². The van der Waals surface area contributed by atoms with Gasteiger partial charge in [-0.25, -0.2) is 0 Å². The SMILES string of the molecule is CN=C(NCC1(O)CCC1)NCC1(c2ccccc2Br)CC1.I. The summed E-state index contributed by atoms with van der Waals surface area (Å²) in [5.74, 6) is 0.777. The van der Waals surface area contributed by atoms with Gasteiger partial charge in [-0.1, -0.05) is 34.1 Å². The second kappa shape index (κ2) is 7.70. The van der Waals surface area contributed by atoms with Gasteiger partial charge in [0.05, 0.1) is 5.60 Å². The van der Waals surface area contributed by atoms with Crippen LogP contribution in [0.1, 0.15) is 37.7 Å². The number of halogens is 2. The van der Waals surface area contributed by atoms with E-state index in [1.807, 2.05) is 0 Å². The van der Waals surface area contributed by atoms with E-state index in [1.165, 1.54) is 22.9 Å². The summed E-state index contributed by atoms with van der Waals surface area (Å²) in [6.45, 7) is 1.45. The van der Waals surface area contributed by atoms with Crippen LogP contribution in [0.2, 0.25) is 0 Å². The highest BCUT2D eigenvalue weighted by molar-refractivity contribution is 14.0. The van der Waals surface area contributed by atoms with Gasteiger partial charge in [0.25, 0.3) is 0 Å². The number of hydrogen-bond acceptors (Lipinski definition) is 2. The van der Waals surface area contributed by atoms with Gasteiger partial charge in [0.2, 0.25) is 0 Å². The Hall–Kier alpha value is -0.340. The van der Waals surface area contributed by atoms with E-state index in [2.05, 4.69) is 55.8 Å². The molecule has 3 N–H and O–H groups in total. The Morgan fingerprint density at radius 3 is 2.35 bits per heavy atom.